The number of fused-ring (bicyclic) bond motifs is 1. The molecule has 1 aromatic heterocycles. The summed E-state index contributed by atoms with van der Waals surface area (Å²) in [5, 5.41) is 10.3. The van der Waals surface area contributed by atoms with Crippen molar-refractivity contribution in [2.24, 2.45) is 10.2 Å². The van der Waals surface area contributed by atoms with Gasteiger partial charge in [0.1, 0.15) is 0 Å². The average molecular weight is 382 g/mol. The Kier molecular flexibility index (Phi) is 5.27. The van der Waals surface area contributed by atoms with Crippen molar-refractivity contribution in [2.75, 3.05) is 31.2 Å². The monoisotopic (exact) mass is 381 g/mol. The summed E-state index contributed by atoms with van der Waals surface area (Å²) >= 11 is 6.16. The molecule has 2 heterocycles. The quantitative estimate of drug-likeness (QED) is 0.614. The third-order valence-electron chi connectivity index (χ3n) is 4.42. The van der Waals surface area contributed by atoms with Crippen molar-refractivity contribution in [1.29, 1.82) is 0 Å². The maximum Gasteiger partial charge on any atom is 0.228 e. The molecule has 3 aromatic rings. The van der Waals surface area contributed by atoms with Crippen molar-refractivity contribution < 1.29 is 4.74 Å². The number of ether oxygens (including phenoxy) is 1. The van der Waals surface area contributed by atoms with Gasteiger partial charge in [0.25, 0.3) is 0 Å². The fourth-order valence-corrected chi connectivity index (χ4v) is 3.22. The van der Waals surface area contributed by atoms with Crippen LogP contribution in [0.5, 0.6) is 0 Å². The van der Waals surface area contributed by atoms with E-state index in [1.165, 1.54) is 5.56 Å². The van der Waals surface area contributed by atoms with E-state index in [1.807, 2.05) is 30.3 Å². The molecule has 0 bridgehead atoms. The number of hydrogen-bond donors (Lipinski definition) is 0. The van der Waals surface area contributed by atoms with Crippen molar-refractivity contribution >= 4 is 34.3 Å². The van der Waals surface area contributed by atoms with E-state index in [2.05, 4.69) is 44.2 Å². The van der Waals surface area contributed by atoms with Crippen LogP contribution in [0.1, 0.15) is 11.1 Å². The van der Waals surface area contributed by atoms with Crippen LogP contribution in [-0.2, 0) is 11.3 Å². The Morgan fingerprint density at radius 2 is 1.96 bits per heavy atom. The van der Waals surface area contributed by atoms with Gasteiger partial charge >= 0.3 is 0 Å². The molecule has 6 nitrogen and oxygen atoms in total. The van der Waals surface area contributed by atoms with Gasteiger partial charge in [0, 0.05) is 23.5 Å². The van der Waals surface area contributed by atoms with Gasteiger partial charge in [-0.3, -0.25) is 0 Å². The largest absolute Gasteiger partial charge is 0.378 e. The summed E-state index contributed by atoms with van der Waals surface area (Å²) in [5.74, 6) is 1.20. The van der Waals surface area contributed by atoms with E-state index in [4.69, 9.17) is 16.3 Å². The van der Waals surface area contributed by atoms with E-state index < -0.39 is 0 Å². The fraction of sp³-hybridized carbons (Fsp3) is 0.300. The molecule has 0 unspecified atom stereocenters. The smallest absolute Gasteiger partial charge is 0.228 e. The first-order valence-corrected chi connectivity index (χ1v) is 9.30. The van der Waals surface area contributed by atoms with Crippen molar-refractivity contribution in [3.05, 3.63) is 58.6 Å². The molecule has 138 valence electrons. The van der Waals surface area contributed by atoms with Crippen LogP contribution in [0.25, 0.3) is 10.9 Å². The lowest BCUT2D eigenvalue weighted by molar-refractivity contribution is 0.122. The number of morpholine rings is 1. The summed E-state index contributed by atoms with van der Waals surface area (Å²) in [7, 11) is 0. The lowest BCUT2D eigenvalue weighted by Gasteiger charge is -2.27. The maximum absolute atomic E-state index is 6.16. The van der Waals surface area contributed by atoms with Gasteiger partial charge < -0.3 is 9.64 Å². The molecule has 7 heteroatoms. The molecule has 1 fully saturated rings. The number of rotatable bonds is 4. The molecule has 0 aliphatic carbocycles. The summed E-state index contributed by atoms with van der Waals surface area (Å²) in [6.07, 6.45) is 0. The molecule has 0 spiro atoms. The highest BCUT2D eigenvalue weighted by molar-refractivity contribution is 6.31. The third kappa shape index (κ3) is 4.23. The Morgan fingerprint density at radius 1 is 1.11 bits per heavy atom. The number of aryl methyl sites for hydroxylation is 1. The number of nitrogens with zero attached hydrogens (tertiary/aromatic N) is 5. The molecule has 0 N–H and O–H groups in total. The third-order valence-corrected chi connectivity index (χ3v) is 4.66. The minimum absolute atomic E-state index is 0.508. The zero-order chi connectivity index (χ0) is 18.6. The standard InChI is InChI=1S/C20H20ClN5O/c1-14-3-2-4-15(11-14)13-22-25-19-17-6-5-16(21)12-18(17)23-20(24-19)26-7-9-27-10-8-26/h2-6,11-12H,7-10,13H2,1H3. The number of aromatic nitrogens is 2. The Bertz CT molecular complexity index is 985. The molecular weight excluding hydrogens is 362 g/mol. The van der Waals surface area contributed by atoms with Crippen LogP contribution in [-0.4, -0.2) is 36.3 Å². The van der Waals surface area contributed by atoms with Gasteiger partial charge in [-0.1, -0.05) is 41.4 Å². The van der Waals surface area contributed by atoms with Crippen LogP contribution in [0.15, 0.2) is 52.7 Å². The number of azo groups is 1. The minimum Gasteiger partial charge on any atom is -0.378 e. The SMILES string of the molecule is Cc1cccc(CN=Nc2nc(N3CCOCC3)nc3cc(Cl)ccc23)c1. The summed E-state index contributed by atoms with van der Waals surface area (Å²) in [6.45, 7) is 5.42. The Morgan fingerprint density at radius 3 is 2.78 bits per heavy atom. The van der Waals surface area contributed by atoms with Crippen molar-refractivity contribution in [1.82, 2.24) is 9.97 Å². The molecule has 1 aliphatic rings. The highest BCUT2D eigenvalue weighted by atomic mass is 35.5. The van der Waals surface area contributed by atoms with Crippen molar-refractivity contribution in [3.8, 4) is 0 Å². The van der Waals surface area contributed by atoms with Gasteiger partial charge in [-0.2, -0.15) is 10.1 Å². The maximum atomic E-state index is 6.16. The van der Waals surface area contributed by atoms with E-state index in [9.17, 15) is 0 Å². The summed E-state index contributed by atoms with van der Waals surface area (Å²) in [6, 6.07) is 13.8. The zero-order valence-corrected chi connectivity index (χ0v) is 15.9. The topological polar surface area (TPSA) is 63.0 Å². The second kappa shape index (κ2) is 7.98. The van der Waals surface area contributed by atoms with Crippen LogP contribution in [0.2, 0.25) is 5.02 Å². The van der Waals surface area contributed by atoms with Gasteiger partial charge in [0.2, 0.25) is 5.95 Å². The van der Waals surface area contributed by atoms with Crippen LogP contribution in [0, 0.1) is 6.92 Å². The zero-order valence-electron chi connectivity index (χ0n) is 15.1. The molecule has 2 aromatic carbocycles. The lowest BCUT2D eigenvalue weighted by atomic mass is 10.1. The number of anilines is 1. The van der Waals surface area contributed by atoms with Gasteiger partial charge in [-0.15, -0.1) is 5.11 Å². The van der Waals surface area contributed by atoms with Gasteiger partial charge in [-0.05, 0) is 30.7 Å². The predicted octanol–water partition coefficient (Wildman–Crippen LogP) is 4.71. The lowest BCUT2D eigenvalue weighted by Crippen LogP contribution is -2.37. The molecule has 4 rings (SSSR count). The highest BCUT2D eigenvalue weighted by Crippen LogP contribution is 2.28. The Hall–Kier alpha value is -2.57. The second-order valence-corrected chi connectivity index (χ2v) is 6.93. The van der Waals surface area contributed by atoms with Gasteiger partial charge in [0.15, 0.2) is 5.82 Å². The van der Waals surface area contributed by atoms with E-state index in [1.54, 1.807) is 0 Å². The summed E-state index contributed by atoms with van der Waals surface area (Å²) in [5.41, 5.74) is 3.09. The molecule has 0 saturated carbocycles. The van der Waals surface area contributed by atoms with Crippen LogP contribution < -0.4 is 4.90 Å². The average Bonchev–Trinajstić information content (AvgIpc) is 2.68. The predicted molar refractivity (Wildman–Crippen MR) is 107 cm³/mol. The van der Waals surface area contributed by atoms with Crippen LogP contribution >= 0.6 is 11.6 Å². The molecule has 1 saturated heterocycles. The first kappa shape index (κ1) is 17.8. The molecule has 0 radical (unpaired) electrons. The van der Waals surface area contributed by atoms with E-state index in [0.29, 0.717) is 36.5 Å². The van der Waals surface area contributed by atoms with Crippen LogP contribution in [0.3, 0.4) is 0 Å². The Balaban J connectivity index is 1.67. The Labute approximate surface area is 162 Å². The van der Waals surface area contributed by atoms with Gasteiger partial charge in [-0.25, -0.2) is 4.98 Å². The van der Waals surface area contributed by atoms with Crippen LogP contribution in [0.4, 0.5) is 11.8 Å². The molecule has 0 amide bonds. The summed E-state index contributed by atoms with van der Waals surface area (Å²) < 4.78 is 5.42. The second-order valence-electron chi connectivity index (χ2n) is 6.50. The highest BCUT2D eigenvalue weighted by Gasteiger charge is 2.16. The fourth-order valence-electron chi connectivity index (χ4n) is 3.05. The molecular formula is C20H20ClN5O. The van der Waals surface area contributed by atoms with E-state index >= 15 is 0 Å². The molecule has 27 heavy (non-hydrogen) atoms. The first-order chi connectivity index (χ1) is 13.2. The van der Waals surface area contributed by atoms with E-state index in [0.717, 1.165) is 29.6 Å². The molecule has 0 atom stereocenters. The number of halogens is 1. The number of benzene rings is 2. The summed E-state index contributed by atoms with van der Waals surface area (Å²) in [4.78, 5) is 11.4. The van der Waals surface area contributed by atoms with Crippen molar-refractivity contribution in [3.63, 3.8) is 0 Å². The van der Waals surface area contributed by atoms with Gasteiger partial charge in [0.05, 0.1) is 25.3 Å². The number of hydrogen-bond acceptors (Lipinski definition) is 6. The van der Waals surface area contributed by atoms with Crippen molar-refractivity contribution in [2.45, 2.75) is 13.5 Å². The minimum atomic E-state index is 0.508. The first-order valence-electron chi connectivity index (χ1n) is 8.92. The molecule has 1 aliphatic heterocycles. The van der Waals surface area contributed by atoms with E-state index in [-0.39, 0.29) is 0 Å². The normalized spacial score (nSPS) is 15.0.